The Morgan fingerprint density at radius 2 is 1.57 bits per heavy atom. The highest BCUT2D eigenvalue weighted by molar-refractivity contribution is 6.13. The first-order chi connectivity index (χ1) is 13.5. The number of halogens is 2. The van der Waals surface area contributed by atoms with E-state index in [1.807, 2.05) is 4.90 Å². The van der Waals surface area contributed by atoms with Gasteiger partial charge in [0.2, 0.25) is 17.8 Å². The Kier molecular flexibility index (Phi) is 4.66. The highest BCUT2D eigenvalue weighted by Crippen LogP contribution is 2.48. The van der Waals surface area contributed by atoms with Gasteiger partial charge in [0, 0.05) is 38.6 Å². The van der Waals surface area contributed by atoms with Gasteiger partial charge in [0.1, 0.15) is 22.7 Å². The van der Waals surface area contributed by atoms with Crippen LogP contribution in [0, 0.1) is 17.0 Å². The molecule has 0 atom stereocenters. The fraction of sp³-hybridized carbons (Fsp3) is 0.368. The molecule has 9 heteroatoms. The number of nitrogens with one attached hydrogen (secondary N) is 1. The Morgan fingerprint density at radius 1 is 0.964 bits per heavy atom. The van der Waals surface area contributed by atoms with Crippen molar-refractivity contribution in [1.29, 1.82) is 0 Å². The molecule has 2 heterocycles. The van der Waals surface area contributed by atoms with Crippen LogP contribution in [0.4, 0.5) is 20.4 Å². The summed E-state index contributed by atoms with van der Waals surface area (Å²) in [6, 6.07) is 5.07. The van der Waals surface area contributed by atoms with Gasteiger partial charge in [-0.25, -0.2) is 18.7 Å². The maximum atomic E-state index is 13.8. The summed E-state index contributed by atoms with van der Waals surface area (Å²) in [6.07, 6.45) is 4.06. The van der Waals surface area contributed by atoms with Crippen LogP contribution >= 0.6 is 0 Å². The van der Waals surface area contributed by atoms with Crippen LogP contribution < -0.4 is 10.2 Å². The molecule has 1 aromatic heterocycles. The first kappa shape index (κ1) is 18.3. The molecule has 0 radical (unpaired) electrons. The molecule has 28 heavy (non-hydrogen) atoms. The molecule has 4 rings (SSSR count). The molecule has 1 saturated carbocycles. The molecular formula is C19H19F2N5O2. The van der Waals surface area contributed by atoms with E-state index in [4.69, 9.17) is 0 Å². The molecule has 7 nitrogen and oxygen atoms in total. The molecule has 1 aliphatic carbocycles. The SMILES string of the molecule is O=C(Nc1c(F)cccc1F)C1(C(=O)N2CCN(c3ncccn3)CC2)CC1. The molecule has 1 aliphatic heterocycles. The Bertz CT molecular complexity index is 876. The minimum absolute atomic E-state index is 0.296. The van der Waals surface area contributed by atoms with Crippen molar-refractivity contribution in [3.05, 3.63) is 48.3 Å². The van der Waals surface area contributed by atoms with E-state index in [1.165, 1.54) is 6.07 Å². The molecule has 2 aliphatic rings. The van der Waals surface area contributed by atoms with Crippen LogP contribution in [0.25, 0.3) is 0 Å². The third kappa shape index (κ3) is 3.28. The summed E-state index contributed by atoms with van der Waals surface area (Å²) in [5.74, 6) is -2.09. The average Bonchev–Trinajstić information content (AvgIpc) is 3.53. The number of amides is 2. The number of para-hydroxylation sites is 1. The Morgan fingerprint density at radius 3 is 2.14 bits per heavy atom. The van der Waals surface area contributed by atoms with Gasteiger partial charge in [0.05, 0.1) is 0 Å². The van der Waals surface area contributed by atoms with Crippen LogP contribution in [0.15, 0.2) is 36.7 Å². The quantitative estimate of drug-likeness (QED) is 0.810. The lowest BCUT2D eigenvalue weighted by Crippen LogP contribution is -2.53. The number of carbonyl (C=O) groups is 2. The molecule has 2 aromatic rings. The average molecular weight is 387 g/mol. The zero-order valence-electron chi connectivity index (χ0n) is 15.1. The van der Waals surface area contributed by atoms with Gasteiger partial charge in [-0.1, -0.05) is 6.07 Å². The van der Waals surface area contributed by atoms with Gasteiger partial charge in [-0.05, 0) is 31.0 Å². The number of anilines is 2. The summed E-state index contributed by atoms with van der Waals surface area (Å²) >= 11 is 0. The summed E-state index contributed by atoms with van der Waals surface area (Å²) in [6.45, 7) is 1.96. The lowest BCUT2D eigenvalue weighted by molar-refractivity contribution is -0.142. The number of rotatable bonds is 4. The second-order valence-electron chi connectivity index (χ2n) is 6.96. The van der Waals surface area contributed by atoms with Crippen LogP contribution in [-0.2, 0) is 9.59 Å². The minimum atomic E-state index is -1.24. The molecule has 146 valence electrons. The number of carbonyl (C=O) groups excluding carboxylic acids is 2. The first-order valence-electron chi connectivity index (χ1n) is 9.08. The Balaban J connectivity index is 1.41. The van der Waals surface area contributed by atoms with Gasteiger partial charge in [-0.3, -0.25) is 9.59 Å². The summed E-state index contributed by atoms with van der Waals surface area (Å²) in [5.41, 5.74) is -1.75. The molecule has 2 amide bonds. The topological polar surface area (TPSA) is 78.4 Å². The fourth-order valence-corrected chi connectivity index (χ4v) is 3.38. The van der Waals surface area contributed by atoms with Crippen molar-refractivity contribution in [3.63, 3.8) is 0 Å². The third-order valence-electron chi connectivity index (χ3n) is 5.20. The number of aromatic nitrogens is 2. The lowest BCUT2D eigenvalue weighted by Gasteiger charge is -2.36. The lowest BCUT2D eigenvalue weighted by atomic mass is 10.0. The van der Waals surface area contributed by atoms with Crippen LogP contribution in [-0.4, -0.2) is 52.9 Å². The summed E-state index contributed by atoms with van der Waals surface area (Å²) in [5, 5.41) is 2.27. The predicted octanol–water partition coefficient (Wildman–Crippen LogP) is 1.82. The van der Waals surface area contributed by atoms with E-state index in [-0.39, 0.29) is 5.91 Å². The number of benzene rings is 1. The minimum Gasteiger partial charge on any atom is -0.338 e. The summed E-state index contributed by atoms with van der Waals surface area (Å²) in [4.78, 5) is 37.6. The number of piperazine rings is 1. The van der Waals surface area contributed by atoms with Crippen molar-refractivity contribution in [2.24, 2.45) is 5.41 Å². The van der Waals surface area contributed by atoms with Crippen molar-refractivity contribution in [3.8, 4) is 0 Å². The maximum absolute atomic E-state index is 13.8. The monoisotopic (exact) mass is 387 g/mol. The molecule has 1 N–H and O–H groups in total. The second-order valence-corrected chi connectivity index (χ2v) is 6.96. The molecule has 1 saturated heterocycles. The standard InChI is InChI=1S/C19H19F2N5O2/c20-13-3-1-4-14(21)15(13)24-16(27)19(5-6-19)17(28)25-9-11-26(12-10-25)18-22-7-2-8-23-18/h1-4,7-8H,5-6,9-12H2,(H,24,27). The fourth-order valence-electron chi connectivity index (χ4n) is 3.38. The molecule has 2 fully saturated rings. The third-order valence-corrected chi connectivity index (χ3v) is 5.20. The van der Waals surface area contributed by atoms with Crippen molar-refractivity contribution in [1.82, 2.24) is 14.9 Å². The van der Waals surface area contributed by atoms with Crippen molar-refractivity contribution < 1.29 is 18.4 Å². The van der Waals surface area contributed by atoms with Crippen LogP contribution in [0.3, 0.4) is 0 Å². The van der Waals surface area contributed by atoms with Crippen LogP contribution in [0.1, 0.15) is 12.8 Å². The van der Waals surface area contributed by atoms with E-state index in [2.05, 4.69) is 15.3 Å². The molecule has 0 bridgehead atoms. The van der Waals surface area contributed by atoms with Crippen molar-refractivity contribution in [2.45, 2.75) is 12.8 Å². The molecule has 0 spiro atoms. The van der Waals surface area contributed by atoms with E-state index in [9.17, 15) is 18.4 Å². The number of hydrogen-bond acceptors (Lipinski definition) is 5. The molecule has 1 aromatic carbocycles. The zero-order chi connectivity index (χ0) is 19.7. The van der Waals surface area contributed by atoms with Crippen molar-refractivity contribution >= 4 is 23.5 Å². The smallest absolute Gasteiger partial charge is 0.240 e. The van der Waals surface area contributed by atoms with E-state index in [0.29, 0.717) is 45.0 Å². The maximum Gasteiger partial charge on any atom is 0.240 e. The summed E-state index contributed by atoms with van der Waals surface area (Å²) < 4.78 is 27.6. The van der Waals surface area contributed by atoms with Crippen LogP contribution in [0.2, 0.25) is 0 Å². The largest absolute Gasteiger partial charge is 0.338 e. The number of nitrogens with zero attached hydrogens (tertiary/aromatic N) is 4. The van der Waals surface area contributed by atoms with Gasteiger partial charge in [0.15, 0.2) is 0 Å². The van der Waals surface area contributed by atoms with Crippen LogP contribution in [0.5, 0.6) is 0 Å². The van der Waals surface area contributed by atoms with Gasteiger partial charge < -0.3 is 15.1 Å². The van der Waals surface area contributed by atoms with Gasteiger partial charge >= 0.3 is 0 Å². The van der Waals surface area contributed by atoms with Gasteiger partial charge in [-0.15, -0.1) is 0 Å². The zero-order valence-corrected chi connectivity index (χ0v) is 15.1. The van der Waals surface area contributed by atoms with E-state index < -0.39 is 28.6 Å². The van der Waals surface area contributed by atoms with Crippen molar-refractivity contribution in [2.75, 3.05) is 36.4 Å². The number of hydrogen-bond donors (Lipinski definition) is 1. The molecule has 0 unspecified atom stereocenters. The summed E-state index contributed by atoms with van der Waals surface area (Å²) in [7, 11) is 0. The normalized spacial score (nSPS) is 17.9. The second kappa shape index (κ2) is 7.14. The van der Waals surface area contributed by atoms with Gasteiger partial charge in [0.25, 0.3) is 0 Å². The van der Waals surface area contributed by atoms with E-state index in [1.54, 1.807) is 23.4 Å². The Hall–Kier alpha value is -3.10. The molecular weight excluding hydrogens is 368 g/mol. The Labute approximate surface area is 160 Å². The van der Waals surface area contributed by atoms with E-state index >= 15 is 0 Å². The van der Waals surface area contributed by atoms with E-state index in [0.717, 1.165) is 12.1 Å². The highest BCUT2D eigenvalue weighted by Gasteiger charge is 2.58. The van der Waals surface area contributed by atoms with Gasteiger partial charge in [-0.2, -0.15) is 0 Å². The highest BCUT2D eigenvalue weighted by atomic mass is 19.1. The first-order valence-corrected chi connectivity index (χ1v) is 9.08. The predicted molar refractivity (Wildman–Crippen MR) is 97.5 cm³/mol.